The van der Waals surface area contributed by atoms with Crippen LogP contribution in [0.25, 0.3) is 0 Å². The fourth-order valence-corrected chi connectivity index (χ4v) is 1.86. The van der Waals surface area contributed by atoms with Gasteiger partial charge in [-0.1, -0.05) is 0 Å². The van der Waals surface area contributed by atoms with E-state index in [2.05, 4.69) is 15.3 Å². The number of carbonyl (C=O) groups excluding carboxylic acids is 1. The van der Waals surface area contributed by atoms with Crippen molar-refractivity contribution in [1.29, 1.82) is 0 Å². The first-order chi connectivity index (χ1) is 8.24. The first-order valence-corrected chi connectivity index (χ1v) is 5.56. The zero-order valence-electron chi connectivity index (χ0n) is 10.0. The quantitative estimate of drug-likeness (QED) is 0.821. The molecule has 1 aromatic rings. The van der Waals surface area contributed by atoms with Crippen molar-refractivity contribution in [2.75, 3.05) is 32.6 Å². The van der Waals surface area contributed by atoms with Crippen LogP contribution in [0.15, 0.2) is 12.4 Å². The van der Waals surface area contributed by atoms with Gasteiger partial charge in [0.05, 0.1) is 18.5 Å². The van der Waals surface area contributed by atoms with Crippen molar-refractivity contribution in [3.05, 3.63) is 18.1 Å². The average molecular weight is 236 g/mol. The van der Waals surface area contributed by atoms with E-state index in [1.54, 1.807) is 25.3 Å². The molecule has 1 aromatic heterocycles. The van der Waals surface area contributed by atoms with E-state index in [4.69, 9.17) is 4.74 Å². The van der Waals surface area contributed by atoms with Crippen LogP contribution in [0.1, 0.15) is 16.9 Å². The third-order valence-corrected chi connectivity index (χ3v) is 2.88. The fraction of sp³-hybridized carbons (Fsp3) is 0.545. The first kappa shape index (κ1) is 11.8. The van der Waals surface area contributed by atoms with Gasteiger partial charge < -0.3 is 15.0 Å². The van der Waals surface area contributed by atoms with Crippen LogP contribution in [0, 0.1) is 0 Å². The van der Waals surface area contributed by atoms with Gasteiger partial charge in [-0.15, -0.1) is 0 Å². The molecule has 1 amide bonds. The molecule has 1 fully saturated rings. The van der Waals surface area contributed by atoms with Crippen molar-refractivity contribution in [2.45, 2.75) is 12.5 Å². The van der Waals surface area contributed by atoms with Crippen LogP contribution in [0.4, 0.5) is 5.82 Å². The van der Waals surface area contributed by atoms with Gasteiger partial charge in [-0.05, 0) is 6.42 Å². The van der Waals surface area contributed by atoms with Crippen molar-refractivity contribution < 1.29 is 9.53 Å². The molecule has 6 heteroatoms. The Morgan fingerprint density at radius 3 is 3.06 bits per heavy atom. The minimum Gasteiger partial charge on any atom is -0.380 e. The van der Waals surface area contributed by atoms with E-state index >= 15 is 0 Å². The Balaban J connectivity index is 2.09. The summed E-state index contributed by atoms with van der Waals surface area (Å²) in [7, 11) is 3.41. The molecule has 0 saturated carbocycles. The standard InChI is InChI=1S/C11H16N4O2/c1-12-10-6-13-5-9(14-10)11(16)15-4-3-8(7-15)17-2/h5-6,8H,3-4,7H2,1-2H3,(H,12,14). The summed E-state index contributed by atoms with van der Waals surface area (Å²) >= 11 is 0. The van der Waals surface area contributed by atoms with E-state index in [0.717, 1.165) is 6.42 Å². The van der Waals surface area contributed by atoms with Crippen LogP contribution >= 0.6 is 0 Å². The van der Waals surface area contributed by atoms with Gasteiger partial charge in [0.15, 0.2) is 0 Å². The maximum absolute atomic E-state index is 12.1. The van der Waals surface area contributed by atoms with E-state index in [-0.39, 0.29) is 12.0 Å². The number of nitrogens with zero attached hydrogens (tertiary/aromatic N) is 3. The lowest BCUT2D eigenvalue weighted by Gasteiger charge is -2.15. The smallest absolute Gasteiger partial charge is 0.274 e. The van der Waals surface area contributed by atoms with Gasteiger partial charge in [0.25, 0.3) is 5.91 Å². The van der Waals surface area contributed by atoms with Crippen molar-refractivity contribution in [2.24, 2.45) is 0 Å². The lowest BCUT2D eigenvalue weighted by Crippen LogP contribution is -2.30. The van der Waals surface area contributed by atoms with Gasteiger partial charge in [-0.3, -0.25) is 9.78 Å². The molecule has 2 heterocycles. The van der Waals surface area contributed by atoms with E-state index < -0.39 is 0 Å². The van der Waals surface area contributed by atoms with Crippen LogP contribution < -0.4 is 5.32 Å². The summed E-state index contributed by atoms with van der Waals surface area (Å²) in [6, 6.07) is 0. The molecular weight excluding hydrogens is 220 g/mol. The van der Waals surface area contributed by atoms with Crippen molar-refractivity contribution >= 4 is 11.7 Å². The number of carbonyl (C=O) groups is 1. The molecule has 1 N–H and O–H groups in total. The molecule has 1 aliphatic rings. The number of ether oxygens (including phenoxy) is 1. The summed E-state index contributed by atoms with van der Waals surface area (Å²) < 4.78 is 5.23. The van der Waals surface area contributed by atoms with Crippen LogP contribution in [-0.2, 0) is 4.74 Å². The van der Waals surface area contributed by atoms with Gasteiger partial charge in [0.1, 0.15) is 11.5 Å². The zero-order valence-corrected chi connectivity index (χ0v) is 10.0. The second-order valence-electron chi connectivity index (χ2n) is 3.94. The van der Waals surface area contributed by atoms with Crippen LogP contribution in [-0.4, -0.2) is 54.1 Å². The third kappa shape index (κ3) is 2.52. The van der Waals surface area contributed by atoms with Gasteiger partial charge in [0.2, 0.25) is 0 Å². The highest BCUT2D eigenvalue weighted by atomic mass is 16.5. The molecule has 0 spiro atoms. The van der Waals surface area contributed by atoms with E-state index in [0.29, 0.717) is 24.6 Å². The van der Waals surface area contributed by atoms with Crippen molar-refractivity contribution in [3.63, 3.8) is 0 Å². The van der Waals surface area contributed by atoms with E-state index in [1.807, 2.05) is 0 Å². The number of hydrogen-bond acceptors (Lipinski definition) is 5. The molecular formula is C11H16N4O2. The topological polar surface area (TPSA) is 67.4 Å². The molecule has 0 aliphatic carbocycles. The largest absolute Gasteiger partial charge is 0.380 e. The molecule has 17 heavy (non-hydrogen) atoms. The Kier molecular flexibility index (Phi) is 3.53. The monoisotopic (exact) mass is 236 g/mol. The van der Waals surface area contributed by atoms with Crippen LogP contribution in [0.5, 0.6) is 0 Å². The van der Waals surface area contributed by atoms with Gasteiger partial charge in [-0.2, -0.15) is 0 Å². The number of hydrogen-bond donors (Lipinski definition) is 1. The highest BCUT2D eigenvalue weighted by molar-refractivity contribution is 5.92. The molecule has 6 nitrogen and oxygen atoms in total. The SMILES string of the molecule is CNc1cncc(C(=O)N2CCC(OC)C2)n1. The summed E-state index contributed by atoms with van der Waals surface area (Å²) in [5, 5.41) is 2.86. The number of anilines is 1. The Bertz CT molecular complexity index is 410. The Hall–Kier alpha value is -1.69. The Morgan fingerprint density at radius 2 is 2.41 bits per heavy atom. The van der Waals surface area contributed by atoms with Crippen molar-refractivity contribution in [1.82, 2.24) is 14.9 Å². The predicted octanol–water partition coefficient (Wildman–Crippen LogP) is 0.379. The molecule has 0 radical (unpaired) electrons. The fourth-order valence-electron chi connectivity index (χ4n) is 1.86. The summed E-state index contributed by atoms with van der Waals surface area (Å²) in [5.74, 6) is 0.507. The van der Waals surface area contributed by atoms with Gasteiger partial charge >= 0.3 is 0 Å². The van der Waals surface area contributed by atoms with Crippen LogP contribution in [0.2, 0.25) is 0 Å². The van der Waals surface area contributed by atoms with Gasteiger partial charge in [-0.25, -0.2) is 4.98 Å². The normalized spacial score (nSPS) is 19.4. The Labute approximate surface area is 100 Å². The highest BCUT2D eigenvalue weighted by Crippen LogP contribution is 2.14. The molecule has 1 saturated heterocycles. The van der Waals surface area contributed by atoms with Gasteiger partial charge in [0, 0.05) is 27.2 Å². The van der Waals surface area contributed by atoms with E-state index in [9.17, 15) is 4.79 Å². The second-order valence-corrected chi connectivity index (χ2v) is 3.94. The number of methoxy groups -OCH3 is 1. The van der Waals surface area contributed by atoms with Crippen LogP contribution in [0.3, 0.4) is 0 Å². The minimum absolute atomic E-state index is 0.0887. The predicted molar refractivity (Wildman–Crippen MR) is 62.9 cm³/mol. The molecule has 1 atom stereocenters. The number of amides is 1. The number of rotatable bonds is 3. The molecule has 1 aliphatic heterocycles. The minimum atomic E-state index is -0.0887. The number of likely N-dealkylation sites (tertiary alicyclic amines) is 1. The Morgan fingerprint density at radius 1 is 1.59 bits per heavy atom. The molecule has 1 unspecified atom stereocenters. The maximum Gasteiger partial charge on any atom is 0.274 e. The molecule has 2 rings (SSSR count). The number of nitrogens with one attached hydrogen (secondary N) is 1. The third-order valence-electron chi connectivity index (χ3n) is 2.88. The first-order valence-electron chi connectivity index (χ1n) is 5.56. The zero-order chi connectivity index (χ0) is 12.3. The maximum atomic E-state index is 12.1. The summed E-state index contributed by atoms with van der Waals surface area (Å²) in [4.78, 5) is 22.0. The second kappa shape index (κ2) is 5.09. The van der Waals surface area contributed by atoms with Crippen molar-refractivity contribution in [3.8, 4) is 0 Å². The number of aromatic nitrogens is 2. The lowest BCUT2D eigenvalue weighted by molar-refractivity contribution is 0.0718. The molecule has 92 valence electrons. The molecule has 0 aromatic carbocycles. The lowest BCUT2D eigenvalue weighted by atomic mass is 10.3. The van der Waals surface area contributed by atoms with E-state index in [1.165, 1.54) is 6.20 Å². The summed E-state index contributed by atoms with van der Waals surface area (Å²) in [5.41, 5.74) is 0.369. The summed E-state index contributed by atoms with van der Waals surface area (Å²) in [6.45, 7) is 1.34. The molecule has 0 bridgehead atoms. The average Bonchev–Trinajstić information content (AvgIpc) is 2.86. The highest BCUT2D eigenvalue weighted by Gasteiger charge is 2.27. The summed E-state index contributed by atoms with van der Waals surface area (Å²) in [6.07, 6.45) is 4.09.